The zero-order valence-corrected chi connectivity index (χ0v) is 11.7. The van der Waals surface area contributed by atoms with Crippen molar-refractivity contribution in [1.82, 2.24) is 9.88 Å². The number of rotatable bonds is 3. The summed E-state index contributed by atoms with van der Waals surface area (Å²) in [5.41, 5.74) is 1.11. The summed E-state index contributed by atoms with van der Waals surface area (Å²) < 4.78 is 11.0. The second-order valence-electron chi connectivity index (χ2n) is 4.13. The number of hydrogen-bond acceptors (Lipinski definition) is 5. The lowest BCUT2D eigenvalue weighted by Gasteiger charge is -2.31. The van der Waals surface area contributed by atoms with Crippen LogP contribution in [0.25, 0.3) is 0 Å². The molecule has 2 rings (SSSR count). The average Bonchev–Trinajstić information content (AvgIpc) is 2.38. The molecule has 1 unspecified atom stereocenters. The molecule has 1 fully saturated rings. The first-order chi connectivity index (χ1) is 8.69. The van der Waals surface area contributed by atoms with Gasteiger partial charge in [-0.05, 0) is 27.6 Å². The lowest BCUT2D eigenvalue weighted by atomic mass is 10.2. The van der Waals surface area contributed by atoms with Crippen LogP contribution < -0.4 is 0 Å². The van der Waals surface area contributed by atoms with Gasteiger partial charge >= 0.3 is 5.97 Å². The van der Waals surface area contributed by atoms with Gasteiger partial charge < -0.3 is 9.47 Å². The zero-order chi connectivity index (χ0) is 13.0. The lowest BCUT2D eigenvalue weighted by molar-refractivity contribution is -0.160. The van der Waals surface area contributed by atoms with E-state index in [-0.39, 0.29) is 5.97 Å². The van der Waals surface area contributed by atoms with Gasteiger partial charge in [0.05, 0.1) is 13.7 Å². The summed E-state index contributed by atoms with van der Waals surface area (Å²) in [5, 5.41) is 0. The Labute approximate surface area is 114 Å². The number of carbonyl (C=O) groups excluding carboxylic acids is 1. The van der Waals surface area contributed by atoms with Crippen LogP contribution in [-0.2, 0) is 20.8 Å². The number of halogens is 1. The Morgan fingerprint density at radius 1 is 1.67 bits per heavy atom. The summed E-state index contributed by atoms with van der Waals surface area (Å²) in [6.07, 6.45) is 3.09. The van der Waals surface area contributed by atoms with Gasteiger partial charge in [-0.25, -0.2) is 4.79 Å². The second-order valence-corrected chi connectivity index (χ2v) is 5.04. The van der Waals surface area contributed by atoms with Crippen LogP contribution in [-0.4, -0.2) is 48.8 Å². The predicted octanol–water partition coefficient (Wildman–Crippen LogP) is 1.22. The van der Waals surface area contributed by atoms with Crippen molar-refractivity contribution in [3.05, 3.63) is 28.5 Å². The van der Waals surface area contributed by atoms with Crippen molar-refractivity contribution in [3.63, 3.8) is 0 Å². The topological polar surface area (TPSA) is 51.7 Å². The quantitative estimate of drug-likeness (QED) is 0.785. The van der Waals surface area contributed by atoms with Crippen LogP contribution in [0, 0.1) is 0 Å². The largest absolute Gasteiger partial charge is 0.467 e. The number of pyridine rings is 1. The van der Waals surface area contributed by atoms with E-state index in [4.69, 9.17) is 9.47 Å². The van der Waals surface area contributed by atoms with Gasteiger partial charge in [0.25, 0.3) is 0 Å². The number of hydrogen-bond donors (Lipinski definition) is 0. The summed E-state index contributed by atoms with van der Waals surface area (Å²) in [7, 11) is 1.38. The molecule has 18 heavy (non-hydrogen) atoms. The maximum absolute atomic E-state index is 11.4. The molecule has 98 valence electrons. The van der Waals surface area contributed by atoms with E-state index in [9.17, 15) is 4.79 Å². The third-order valence-electron chi connectivity index (χ3n) is 2.78. The molecule has 0 saturated carbocycles. The maximum Gasteiger partial charge on any atom is 0.336 e. The third kappa shape index (κ3) is 3.51. The first kappa shape index (κ1) is 13.5. The van der Waals surface area contributed by atoms with E-state index in [0.29, 0.717) is 13.2 Å². The Morgan fingerprint density at radius 2 is 2.50 bits per heavy atom. The maximum atomic E-state index is 11.4. The normalized spacial score (nSPS) is 20.7. The van der Waals surface area contributed by atoms with E-state index in [1.807, 2.05) is 12.3 Å². The van der Waals surface area contributed by atoms with Gasteiger partial charge in [0.1, 0.15) is 0 Å². The summed E-state index contributed by atoms with van der Waals surface area (Å²) in [4.78, 5) is 17.7. The Hall–Kier alpha value is -0.980. The molecule has 0 radical (unpaired) electrons. The lowest BCUT2D eigenvalue weighted by Crippen LogP contribution is -2.46. The summed E-state index contributed by atoms with van der Waals surface area (Å²) in [5.74, 6) is -0.313. The number of morpholine rings is 1. The number of ether oxygens (including phenoxy) is 2. The summed E-state index contributed by atoms with van der Waals surface area (Å²) in [6.45, 7) is 2.66. The number of nitrogens with zero attached hydrogens (tertiary/aromatic N) is 2. The molecule has 0 spiro atoms. The molecule has 6 heteroatoms. The van der Waals surface area contributed by atoms with Crippen LogP contribution in [0.1, 0.15) is 5.56 Å². The highest BCUT2D eigenvalue weighted by Gasteiger charge is 2.27. The predicted molar refractivity (Wildman–Crippen MR) is 69.0 cm³/mol. The van der Waals surface area contributed by atoms with Crippen LogP contribution in [0.4, 0.5) is 0 Å². The van der Waals surface area contributed by atoms with E-state index >= 15 is 0 Å². The second kappa shape index (κ2) is 6.26. The summed E-state index contributed by atoms with van der Waals surface area (Å²) in [6, 6.07) is 2.02. The van der Waals surface area contributed by atoms with Crippen molar-refractivity contribution in [2.45, 2.75) is 12.6 Å². The van der Waals surface area contributed by atoms with Gasteiger partial charge in [-0.2, -0.15) is 0 Å². The minimum atomic E-state index is -0.483. The van der Waals surface area contributed by atoms with Crippen molar-refractivity contribution in [2.75, 3.05) is 26.8 Å². The van der Waals surface area contributed by atoms with Crippen LogP contribution in [0.2, 0.25) is 0 Å². The van der Waals surface area contributed by atoms with Crippen molar-refractivity contribution in [3.8, 4) is 0 Å². The van der Waals surface area contributed by atoms with Crippen molar-refractivity contribution < 1.29 is 14.3 Å². The zero-order valence-electron chi connectivity index (χ0n) is 10.1. The summed E-state index contributed by atoms with van der Waals surface area (Å²) >= 11 is 3.39. The molecule has 1 aromatic heterocycles. The van der Waals surface area contributed by atoms with E-state index in [0.717, 1.165) is 23.1 Å². The SMILES string of the molecule is COC(=O)C1CN(Cc2cncc(Br)c2)CCO1. The Kier molecular flexibility index (Phi) is 4.68. The van der Waals surface area contributed by atoms with Gasteiger partial charge in [-0.3, -0.25) is 9.88 Å². The Morgan fingerprint density at radius 3 is 3.22 bits per heavy atom. The first-order valence-electron chi connectivity index (χ1n) is 5.70. The highest BCUT2D eigenvalue weighted by molar-refractivity contribution is 9.10. The van der Waals surface area contributed by atoms with E-state index in [1.54, 1.807) is 6.20 Å². The number of aromatic nitrogens is 1. The van der Waals surface area contributed by atoms with Crippen LogP contribution in [0.5, 0.6) is 0 Å². The van der Waals surface area contributed by atoms with E-state index < -0.39 is 6.10 Å². The molecule has 0 amide bonds. The standard InChI is InChI=1S/C12H15BrN2O3/c1-17-12(16)11-8-15(2-3-18-11)7-9-4-10(13)6-14-5-9/h4-6,11H,2-3,7-8H2,1H3. The van der Waals surface area contributed by atoms with Crippen LogP contribution >= 0.6 is 15.9 Å². The first-order valence-corrected chi connectivity index (χ1v) is 6.49. The van der Waals surface area contributed by atoms with Gasteiger partial charge in [-0.15, -0.1) is 0 Å². The molecule has 1 atom stereocenters. The fourth-order valence-electron chi connectivity index (χ4n) is 1.92. The molecule has 0 aliphatic carbocycles. The molecule has 1 aromatic rings. The van der Waals surface area contributed by atoms with Gasteiger partial charge in [0, 0.05) is 36.5 Å². The Balaban J connectivity index is 1.95. The van der Waals surface area contributed by atoms with Crippen molar-refractivity contribution in [1.29, 1.82) is 0 Å². The molecular formula is C12H15BrN2O3. The molecule has 0 N–H and O–H groups in total. The molecule has 1 aliphatic heterocycles. The smallest absolute Gasteiger partial charge is 0.336 e. The van der Waals surface area contributed by atoms with E-state index in [2.05, 4.69) is 25.8 Å². The molecule has 0 bridgehead atoms. The van der Waals surface area contributed by atoms with Gasteiger partial charge in [0.15, 0.2) is 6.10 Å². The molecule has 5 nitrogen and oxygen atoms in total. The van der Waals surface area contributed by atoms with Crippen molar-refractivity contribution in [2.24, 2.45) is 0 Å². The minimum Gasteiger partial charge on any atom is -0.467 e. The highest BCUT2D eigenvalue weighted by Crippen LogP contribution is 2.14. The van der Waals surface area contributed by atoms with Gasteiger partial charge in [-0.1, -0.05) is 0 Å². The monoisotopic (exact) mass is 314 g/mol. The minimum absolute atomic E-state index is 0.313. The van der Waals surface area contributed by atoms with E-state index in [1.165, 1.54) is 7.11 Å². The molecule has 0 aromatic carbocycles. The van der Waals surface area contributed by atoms with Crippen LogP contribution in [0.15, 0.2) is 22.9 Å². The number of methoxy groups -OCH3 is 1. The van der Waals surface area contributed by atoms with Gasteiger partial charge in [0.2, 0.25) is 0 Å². The number of carbonyl (C=O) groups is 1. The number of esters is 1. The Bertz CT molecular complexity index is 428. The molecule has 2 heterocycles. The molecule has 1 saturated heterocycles. The third-order valence-corrected chi connectivity index (χ3v) is 3.22. The van der Waals surface area contributed by atoms with Crippen molar-refractivity contribution >= 4 is 21.9 Å². The molecule has 1 aliphatic rings. The fourth-order valence-corrected chi connectivity index (χ4v) is 2.33. The van der Waals surface area contributed by atoms with Crippen LogP contribution in [0.3, 0.4) is 0 Å². The average molecular weight is 315 g/mol. The fraction of sp³-hybridized carbons (Fsp3) is 0.500. The highest BCUT2D eigenvalue weighted by atomic mass is 79.9. The molecular weight excluding hydrogens is 300 g/mol.